The summed E-state index contributed by atoms with van der Waals surface area (Å²) in [5.74, 6) is 1.94. The highest BCUT2D eigenvalue weighted by molar-refractivity contribution is 6.02. The molecule has 0 radical (unpaired) electrons. The van der Waals surface area contributed by atoms with Crippen molar-refractivity contribution < 1.29 is 19.0 Å². The van der Waals surface area contributed by atoms with Crippen LogP contribution in [0.4, 0.5) is 5.69 Å². The van der Waals surface area contributed by atoms with E-state index in [0.29, 0.717) is 18.0 Å². The van der Waals surface area contributed by atoms with Crippen molar-refractivity contribution in [2.75, 3.05) is 12.1 Å². The van der Waals surface area contributed by atoms with E-state index >= 15 is 0 Å². The summed E-state index contributed by atoms with van der Waals surface area (Å²) < 4.78 is 16.4. The molecule has 28 heavy (non-hydrogen) atoms. The smallest absolute Gasteiger partial charge is 0.248 e. The lowest BCUT2D eigenvalue weighted by molar-refractivity contribution is -0.111. The molecule has 5 heteroatoms. The van der Waals surface area contributed by atoms with E-state index in [0.717, 1.165) is 22.6 Å². The lowest BCUT2D eigenvalue weighted by Crippen LogP contribution is -2.07. The van der Waals surface area contributed by atoms with Crippen molar-refractivity contribution in [3.63, 3.8) is 0 Å². The normalized spacial score (nSPS) is 12.1. The van der Waals surface area contributed by atoms with Gasteiger partial charge in [-0.25, -0.2) is 0 Å². The number of benzene rings is 3. The summed E-state index contributed by atoms with van der Waals surface area (Å²) in [6.07, 6.45) is 3.21. The highest BCUT2D eigenvalue weighted by Crippen LogP contribution is 2.32. The van der Waals surface area contributed by atoms with Crippen LogP contribution in [-0.4, -0.2) is 12.7 Å². The van der Waals surface area contributed by atoms with Gasteiger partial charge in [-0.15, -0.1) is 0 Å². The van der Waals surface area contributed by atoms with Gasteiger partial charge in [0.15, 0.2) is 11.5 Å². The van der Waals surface area contributed by atoms with Crippen LogP contribution >= 0.6 is 0 Å². The van der Waals surface area contributed by atoms with E-state index < -0.39 is 0 Å². The molecule has 0 aliphatic carbocycles. The minimum absolute atomic E-state index is 0.212. The van der Waals surface area contributed by atoms with Crippen LogP contribution in [0.5, 0.6) is 17.2 Å². The summed E-state index contributed by atoms with van der Waals surface area (Å²) in [7, 11) is 0. The Kier molecular flexibility index (Phi) is 5.24. The van der Waals surface area contributed by atoms with Crippen LogP contribution in [0.15, 0.2) is 78.9 Å². The molecule has 140 valence electrons. The number of carbonyl (C=O) groups excluding carboxylic acids is 1. The third-order valence-corrected chi connectivity index (χ3v) is 4.19. The molecular weight excluding hydrogens is 354 g/mol. The molecule has 0 bridgehead atoms. The maximum atomic E-state index is 12.1. The fourth-order valence-electron chi connectivity index (χ4n) is 2.75. The quantitative estimate of drug-likeness (QED) is 0.639. The monoisotopic (exact) mass is 373 g/mol. The molecular formula is C23H19NO4. The number of ether oxygens (including phenoxy) is 3. The van der Waals surface area contributed by atoms with Crippen LogP contribution < -0.4 is 19.5 Å². The largest absolute Gasteiger partial charge is 0.489 e. The maximum absolute atomic E-state index is 12.1. The van der Waals surface area contributed by atoms with E-state index in [1.807, 2.05) is 72.8 Å². The first-order valence-electron chi connectivity index (χ1n) is 8.92. The summed E-state index contributed by atoms with van der Waals surface area (Å²) >= 11 is 0. The molecule has 1 amide bonds. The molecule has 0 fully saturated rings. The molecule has 0 saturated heterocycles. The number of nitrogens with one attached hydrogen (secondary N) is 1. The minimum Gasteiger partial charge on any atom is -0.489 e. The van der Waals surface area contributed by atoms with Gasteiger partial charge in [0.05, 0.1) is 0 Å². The van der Waals surface area contributed by atoms with Gasteiger partial charge in [0.2, 0.25) is 12.7 Å². The number of hydrogen-bond acceptors (Lipinski definition) is 4. The van der Waals surface area contributed by atoms with Crippen molar-refractivity contribution in [2.45, 2.75) is 6.61 Å². The Bertz CT molecular complexity index is 981. The van der Waals surface area contributed by atoms with E-state index in [2.05, 4.69) is 5.32 Å². The number of hydrogen-bond donors (Lipinski definition) is 1. The van der Waals surface area contributed by atoms with Gasteiger partial charge < -0.3 is 19.5 Å². The van der Waals surface area contributed by atoms with Gasteiger partial charge in [0.1, 0.15) is 12.4 Å². The molecule has 0 unspecified atom stereocenters. The molecule has 4 rings (SSSR count). The average molecular weight is 373 g/mol. The van der Waals surface area contributed by atoms with Gasteiger partial charge in [0.25, 0.3) is 0 Å². The predicted molar refractivity (Wildman–Crippen MR) is 107 cm³/mol. The first-order valence-corrected chi connectivity index (χ1v) is 8.92. The Balaban J connectivity index is 1.30. The van der Waals surface area contributed by atoms with E-state index in [4.69, 9.17) is 14.2 Å². The second kappa shape index (κ2) is 8.31. The second-order valence-corrected chi connectivity index (χ2v) is 6.23. The van der Waals surface area contributed by atoms with Gasteiger partial charge in [0, 0.05) is 11.8 Å². The zero-order valence-electron chi connectivity index (χ0n) is 15.1. The number of anilines is 1. The van der Waals surface area contributed by atoms with Crippen LogP contribution in [0.3, 0.4) is 0 Å². The van der Waals surface area contributed by atoms with Gasteiger partial charge in [-0.3, -0.25) is 4.79 Å². The maximum Gasteiger partial charge on any atom is 0.248 e. The van der Waals surface area contributed by atoms with Crippen molar-refractivity contribution in [3.05, 3.63) is 90.0 Å². The second-order valence-electron chi connectivity index (χ2n) is 6.23. The zero-order valence-corrected chi connectivity index (χ0v) is 15.1. The van der Waals surface area contributed by atoms with Crippen LogP contribution in [0, 0.1) is 0 Å². The average Bonchev–Trinajstić information content (AvgIpc) is 3.20. The number of rotatable bonds is 6. The van der Waals surface area contributed by atoms with Crippen LogP contribution in [0.2, 0.25) is 0 Å². The third-order valence-electron chi connectivity index (χ3n) is 4.19. The van der Waals surface area contributed by atoms with Gasteiger partial charge in [-0.1, -0.05) is 36.4 Å². The Labute approximate surface area is 163 Å². The van der Waals surface area contributed by atoms with E-state index in [-0.39, 0.29) is 12.7 Å². The predicted octanol–water partition coefficient (Wildman–Crippen LogP) is 4.65. The Hall–Kier alpha value is -3.73. The number of carbonyl (C=O) groups is 1. The summed E-state index contributed by atoms with van der Waals surface area (Å²) in [5, 5.41) is 2.83. The fraction of sp³-hybridized carbons (Fsp3) is 0.0870. The summed E-state index contributed by atoms with van der Waals surface area (Å²) in [6.45, 7) is 0.735. The van der Waals surface area contributed by atoms with E-state index in [1.165, 1.54) is 6.08 Å². The molecule has 0 aromatic heterocycles. The lowest BCUT2D eigenvalue weighted by atomic mass is 10.2. The SMILES string of the molecule is O=C(/C=C\c1ccc2c(c1)OCO2)Nc1ccc(OCc2ccccc2)cc1. The van der Waals surface area contributed by atoms with Crippen LogP contribution in [0.1, 0.15) is 11.1 Å². The molecule has 5 nitrogen and oxygen atoms in total. The van der Waals surface area contributed by atoms with E-state index in [1.54, 1.807) is 6.08 Å². The van der Waals surface area contributed by atoms with Crippen molar-refractivity contribution in [1.82, 2.24) is 0 Å². The minimum atomic E-state index is -0.212. The first kappa shape index (κ1) is 17.7. The topological polar surface area (TPSA) is 56.8 Å². The first-order chi connectivity index (χ1) is 13.8. The van der Waals surface area contributed by atoms with E-state index in [9.17, 15) is 4.79 Å². The van der Waals surface area contributed by atoms with Crippen molar-refractivity contribution in [1.29, 1.82) is 0 Å². The molecule has 0 saturated carbocycles. The van der Waals surface area contributed by atoms with Crippen molar-refractivity contribution in [2.24, 2.45) is 0 Å². The summed E-state index contributed by atoms with van der Waals surface area (Å²) in [4.78, 5) is 12.1. The van der Waals surface area contributed by atoms with Gasteiger partial charge in [-0.05, 0) is 53.6 Å². The van der Waals surface area contributed by atoms with Gasteiger partial charge >= 0.3 is 0 Å². The van der Waals surface area contributed by atoms with Crippen LogP contribution in [-0.2, 0) is 11.4 Å². The zero-order chi connectivity index (χ0) is 19.2. The fourth-order valence-corrected chi connectivity index (χ4v) is 2.75. The Morgan fingerprint density at radius 3 is 2.57 bits per heavy atom. The third kappa shape index (κ3) is 4.51. The molecule has 3 aromatic carbocycles. The Morgan fingerprint density at radius 1 is 0.964 bits per heavy atom. The molecule has 0 spiro atoms. The molecule has 1 aliphatic rings. The molecule has 1 aliphatic heterocycles. The van der Waals surface area contributed by atoms with Crippen LogP contribution in [0.25, 0.3) is 6.08 Å². The lowest BCUT2D eigenvalue weighted by Gasteiger charge is -2.07. The number of amides is 1. The Morgan fingerprint density at radius 2 is 1.75 bits per heavy atom. The molecule has 1 N–H and O–H groups in total. The van der Waals surface area contributed by atoms with Crippen molar-refractivity contribution in [3.8, 4) is 17.2 Å². The molecule has 1 heterocycles. The van der Waals surface area contributed by atoms with Gasteiger partial charge in [-0.2, -0.15) is 0 Å². The number of fused-ring (bicyclic) bond motifs is 1. The standard InChI is InChI=1S/C23H19NO4/c25-23(13-7-17-6-12-21-22(14-17)28-16-27-21)24-19-8-10-20(11-9-19)26-15-18-4-2-1-3-5-18/h1-14H,15-16H2,(H,24,25)/b13-7-. The summed E-state index contributed by atoms with van der Waals surface area (Å²) in [5.41, 5.74) is 2.67. The molecule has 3 aromatic rings. The molecule has 0 atom stereocenters. The van der Waals surface area contributed by atoms with Crippen molar-refractivity contribution >= 4 is 17.7 Å². The highest BCUT2D eigenvalue weighted by Gasteiger charge is 2.12. The summed E-state index contributed by atoms with van der Waals surface area (Å²) in [6, 6.07) is 22.8. The highest BCUT2D eigenvalue weighted by atomic mass is 16.7.